The zero-order valence-corrected chi connectivity index (χ0v) is 10.7. The van der Waals surface area contributed by atoms with Gasteiger partial charge < -0.3 is 5.32 Å². The first-order chi connectivity index (χ1) is 7.20. The van der Waals surface area contributed by atoms with Crippen LogP contribution in [0.4, 0.5) is 0 Å². The van der Waals surface area contributed by atoms with Crippen LogP contribution in [0.3, 0.4) is 0 Å². The molecule has 1 nitrogen and oxygen atoms in total. The van der Waals surface area contributed by atoms with Crippen molar-refractivity contribution in [3.8, 4) is 0 Å². The molecule has 0 aromatic rings. The van der Waals surface area contributed by atoms with Gasteiger partial charge in [0.25, 0.3) is 0 Å². The highest BCUT2D eigenvalue weighted by Gasteiger charge is 2.36. The Bertz CT molecular complexity index is 225. The van der Waals surface area contributed by atoms with Gasteiger partial charge >= 0.3 is 0 Å². The summed E-state index contributed by atoms with van der Waals surface area (Å²) in [6, 6.07) is 0.789. The standard InChI is InChI=1S/C13H23NS/c1-11(15)10-13(8-4-5-9-13)14-12-6-2-3-7-12/h12,14H,2-10H2,1H3. The van der Waals surface area contributed by atoms with E-state index < -0.39 is 0 Å². The summed E-state index contributed by atoms with van der Waals surface area (Å²) < 4.78 is 0. The number of rotatable bonds is 4. The van der Waals surface area contributed by atoms with Gasteiger partial charge in [-0.2, -0.15) is 0 Å². The lowest BCUT2D eigenvalue weighted by Crippen LogP contribution is -2.48. The molecule has 2 saturated carbocycles. The molecule has 0 aromatic heterocycles. The summed E-state index contributed by atoms with van der Waals surface area (Å²) in [6.45, 7) is 2.10. The maximum atomic E-state index is 5.30. The van der Waals surface area contributed by atoms with Gasteiger partial charge in [-0.3, -0.25) is 0 Å². The van der Waals surface area contributed by atoms with Crippen molar-refractivity contribution in [2.45, 2.75) is 76.3 Å². The van der Waals surface area contributed by atoms with Crippen LogP contribution >= 0.6 is 12.2 Å². The van der Waals surface area contributed by atoms with Crippen molar-refractivity contribution in [1.82, 2.24) is 5.32 Å². The topological polar surface area (TPSA) is 12.0 Å². The summed E-state index contributed by atoms with van der Waals surface area (Å²) in [5.41, 5.74) is 0.390. The van der Waals surface area contributed by atoms with Gasteiger partial charge in [-0.15, -0.1) is 0 Å². The smallest absolute Gasteiger partial charge is 0.0229 e. The van der Waals surface area contributed by atoms with Crippen LogP contribution in [-0.2, 0) is 0 Å². The Kier molecular flexibility index (Phi) is 3.78. The Morgan fingerprint density at radius 3 is 2.33 bits per heavy atom. The van der Waals surface area contributed by atoms with Crippen LogP contribution in [0.15, 0.2) is 0 Å². The molecule has 2 fully saturated rings. The van der Waals surface area contributed by atoms with Gasteiger partial charge in [0.05, 0.1) is 0 Å². The Morgan fingerprint density at radius 1 is 1.20 bits per heavy atom. The average Bonchev–Trinajstić information content (AvgIpc) is 2.76. The summed E-state index contributed by atoms with van der Waals surface area (Å²) in [5, 5.41) is 3.94. The number of thiocarbonyl (C=S) groups is 1. The number of nitrogens with one attached hydrogen (secondary N) is 1. The molecular weight excluding hydrogens is 202 g/mol. The molecule has 0 heterocycles. The fourth-order valence-electron chi connectivity index (χ4n) is 3.40. The second kappa shape index (κ2) is 4.92. The monoisotopic (exact) mass is 225 g/mol. The highest BCUT2D eigenvalue weighted by molar-refractivity contribution is 7.80. The maximum absolute atomic E-state index is 5.30. The van der Waals surface area contributed by atoms with Crippen LogP contribution in [0.2, 0.25) is 0 Å². The molecule has 0 radical (unpaired) electrons. The molecule has 86 valence electrons. The van der Waals surface area contributed by atoms with E-state index in [4.69, 9.17) is 12.2 Å². The van der Waals surface area contributed by atoms with Crippen LogP contribution in [0, 0.1) is 0 Å². The molecule has 1 N–H and O–H groups in total. The van der Waals surface area contributed by atoms with Crippen molar-refractivity contribution in [1.29, 1.82) is 0 Å². The molecule has 2 aliphatic carbocycles. The van der Waals surface area contributed by atoms with Crippen LogP contribution < -0.4 is 5.32 Å². The third-order valence-electron chi connectivity index (χ3n) is 4.01. The van der Waals surface area contributed by atoms with E-state index in [1.807, 2.05) is 0 Å². The molecule has 0 unspecified atom stereocenters. The second-order valence-electron chi connectivity index (χ2n) is 5.49. The predicted molar refractivity (Wildman–Crippen MR) is 69.5 cm³/mol. The molecule has 2 rings (SSSR count). The van der Waals surface area contributed by atoms with E-state index >= 15 is 0 Å². The van der Waals surface area contributed by atoms with Gasteiger partial charge in [0.1, 0.15) is 0 Å². The first-order valence-corrected chi connectivity index (χ1v) is 6.88. The summed E-state index contributed by atoms with van der Waals surface area (Å²) >= 11 is 5.30. The molecule has 0 amide bonds. The van der Waals surface area contributed by atoms with Crippen LogP contribution in [-0.4, -0.2) is 16.4 Å². The van der Waals surface area contributed by atoms with Gasteiger partial charge in [-0.1, -0.05) is 37.9 Å². The summed E-state index contributed by atoms with van der Waals surface area (Å²) in [4.78, 5) is 1.18. The third kappa shape index (κ3) is 3.01. The summed E-state index contributed by atoms with van der Waals surface area (Å²) in [6.07, 6.45) is 12.2. The molecule has 0 atom stereocenters. The molecule has 15 heavy (non-hydrogen) atoms. The quantitative estimate of drug-likeness (QED) is 0.734. The molecule has 2 heteroatoms. The van der Waals surface area contributed by atoms with Crippen molar-refractivity contribution < 1.29 is 0 Å². The van der Waals surface area contributed by atoms with E-state index in [1.54, 1.807) is 0 Å². The minimum absolute atomic E-state index is 0.390. The predicted octanol–water partition coefficient (Wildman–Crippen LogP) is 3.61. The largest absolute Gasteiger partial charge is 0.308 e. The zero-order chi connectivity index (χ0) is 10.7. The summed E-state index contributed by atoms with van der Waals surface area (Å²) in [5.74, 6) is 0. The molecular formula is C13H23NS. The van der Waals surface area contributed by atoms with Gasteiger partial charge in [0.2, 0.25) is 0 Å². The fraction of sp³-hybridized carbons (Fsp3) is 0.923. The van der Waals surface area contributed by atoms with Crippen molar-refractivity contribution >= 4 is 17.1 Å². The first kappa shape index (κ1) is 11.5. The van der Waals surface area contributed by atoms with Crippen molar-refractivity contribution in [3.05, 3.63) is 0 Å². The highest BCUT2D eigenvalue weighted by Crippen LogP contribution is 2.35. The van der Waals surface area contributed by atoms with Crippen LogP contribution in [0.5, 0.6) is 0 Å². The van der Waals surface area contributed by atoms with E-state index in [0.29, 0.717) is 5.54 Å². The third-order valence-corrected chi connectivity index (χ3v) is 4.16. The number of hydrogen-bond donors (Lipinski definition) is 1. The zero-order valence-electron chi connectivity index (χ0n) is 9.85. The highest BCUT2D eigenvalue weighted by atomic mass is 32.1. The Morgan fingerprint density at radius 2 is 1.80 bits per heavy atom. The van der Waals surface area contributed by atoms with E-state index in [1.165, 1.54) is 56.2 Å². The fourth-order valence-corrected chi connectivity index (χ4v) is 3.68. The first-order valence-electron chi connectivity index (χ1n) is 6.47. The minimum atomic E-state index is 0.390. The summed E-state index contributed by atoms with van der Waals surface area (Å²) in [7, 11) is 0. The molecule has 0 aromatic carbocycles. The van der Waals surface area contributed by atoms with E-state index in [-0.39, 0.29) is 0 Å². The molecule has 0 bridgehead atoms. The lowest BCUT2D eigenvalue weighted by molar-refractivity contribution is 0.299. The van der Waals surface area contributed by atoms with E-state index in [2.05, 4.69) is 12.2 Å². The minimum Gasteiger partial charge on any atom is -0.308 e. The molecule has 0 saturated heterocycles. The molecule has 0 spiro atoms. The molecule has 2 aliphatic rings. The Labute approximate surface area is 99.0 Å². The van der Waals surface area contributed by atoms with Gasteiger partial charge in [-0.25, -0.2) is 0 Å². The Balaban J connectivity index is 1.95. The van der Waals surface area contributed by atoms with E-state index in [0.717, 1.165) is 12.5 Å². The average molecular weight is 225 g/mol. The van der Waals surface area contributed by atoms with Crippen molar-refractivity contribution in [2.24, 2.45) is 0 Å². The van der Waals surface area contributed by atoms with E-state index in [9.17, 15) is 0 Å². The second-order valence-corrected chi connectivity index (χ2v) is 6.19. The van der Waals surface area contributed by atoms with Crippen LogP contribution in [0.25, 0.3) is 0 Å². The van der Waals surface area contributed by atoms with Crippen LogP contribution in [0.1, 0.15) is 64.7 Å². The molecule has 0 aliphatic heterocycles. The number of hydrogen-bond acceptors (Lipinski definition) is 2. The van der Waals surface area contributed by atoms with Gasteiger partial charge in [0, 0.05) is 11.6 Å². The van der Waals surface area contributed by atoms with Crippen molar-refractivity contribution in [2.75, 3.05) is 0 Å². The van der Waals surface area contributed by atoms with Crippen molar-refractivity contribution in [3.63, 3.8) is 0 Å². The lowest BCUT2D eigenvalue weighted by atomic mass is 9.90. The lowest BCUT2D eigenvalue weighted by Gasteiger charge is -2.33. The maximum Gasteiger partial charge on any atom is 0.0229 e. The van der Waals surface area contributed by atoms with Gasteiger partial charge in [0.15, 0.2) is 0 Å². The Hall–Kier alpha value is 0.0500. The van der Waals surface area contributed by atoms with Gasteiger partial charge in [-0.05, 0) is 43.9 Å². The normalized spacial score (nSPS) is 25.9. The SMILES string of the molecule is CC(=S)CC1(NC2CCCC2)CCCC1.